The van der Waals surface area contributed by atoms with E-state index < -0.39 is 0 Å². The average Bonchev–Trinajstić information content (AvgIpc) is 2.55. The molecule has 22 heavy (non-hydrogen) atoms. The number of aromatic nitrogens is 2. The van der Waals surface area contributed by atoms with Gasteiger partial charge in [0, 0.05) is 31.4 Å². The molecule has 5 nitrogen and oxygen atoms in total. The van der Waals surface area contributed by atoms with Gasteiger partial charge in [-0.3, -0.25) is 9.20 Å². The van der Waals surface area contributed by atoms with E-state index in [4.69, 9.17) is 4.74 Å². The molecule has 3 rings (SSSR count). The van der Waals surface area contributed by atoms with Crippen LogP contribution in [0.5, 0.6) is 5.75 Å². The molecule has 0 aliphatic carbocycles. The zero-order valence-corrected chi connectivity index (χ0v) is 12.6. The van der Waals surface area contributed by atoms with Crippen molar-refractivity contribution >= 4 is 11.5 Å². The van der Waals surface area contributed by atoms with Crippen LogP contribution < -0.4 is 15.2 Å². The van der Waals surface area contributed by atoms with Crippen LogP contribution in [-0.2, 0) is 6.54 Å². The minimum atomic E-state index is -0.0903. The number of ether oxygens (including phenoxy) is 1. The second-order valence-electron chi connectivity index (χ2n) is 5.05. The van der Waals surface area contributed by atoms with Crippen LogP contribution in [0.2, 0.25) is 0 Å². The van der Waals surface area contributed by atoms with Gasteiger partial charge in [-0.1, -0.05) is 24.3 Å². The predicted octanol–water partition coefficient (Wildman–Crippen LogP) is 2.34. The highest BCUT2D eigenvalue weighted by Crippen LogP contribution is 2.20. The smallest absolute Gasteiger partial charge is 0.259 e. The lowest BCUT2D eigenvalue weighted by atomic mass is 10.2. The quantitative estimate of drug-likeness (QED) is 0.741. The lowest BCUT2D eigenvalue weighted by Crippen LogP contribution is -2.22. The van der Waals surface area contributed by atoms with Crippen molar-refractivity contribution in [2.24, 2.45) is 0 Å². The molecule has 0 N–H and O–H groups in total. The van der Waals surface area contributed by atoms with E-state index in [1.54, 1.807) is 19.4 Å². The second-order valence-corrected chi connectivity index (χ2v) is 5.05. The van der Waals surface area contributed by atoms with Crippen molar-refractivity contribution in [3.05, 3.63) is 70.6 Å². The lowest BCUT2D eigenvalue weighted by molar-refractivity contribution is 0.409. The molecule has 2 aromatic heterocycles. The molecular weight excluding hydrogens is 278 g/mol. The van der Waals surface area contributed by atoms with E-state index in [2.05, 4.69) is 4.98 Å². The molecule has 0 fully saturated rings. The summed E-state index contributed by atoms with van der Waals surface area (Å²) in [5.74, 6) is 1.47. The highest BCUT2D eigenvalue weighted by Gasteiger charge is 2.09. The number of hydrogen-bond donors (Lipinski definition) is 0. The fraction of sp³-hybridized carbons (Fsp3) is 0.176. The first-order chi connectivity index (χ1) is 10.7. The monoisotopic (exact) mass is 295 g/mol. The molecule has 2 heterocycles. The Kier molecular flexibility index (Phi) is 3.78. The van der Waals surface area contributed by atoms with E-state index in [9.17, 15) is 4.79 Å². The predicted molar refractivity (Wildman–Crippen MR) is 86.6 cm³/mol. The van der Waals surface area contributed by atoms with E-state index in [1.165, 1.54) is 4.40 Å². The van der Waals surface area contributed by atoms with Crippen molar-refractivity contribution in [1.82, 2.24) is 9.38 Å². The van der Waals surface area contributed by atoms with E-state index >= 15 is 0 Å². The number of hydrogen-bond acceptors (Lipinski definition) is 4. The maximum absolute atomic E-state index is 12.2. The summed E-state index contributed by atoms with van der Waals surface area (Å²) >= 11 is 0. The third-order valence-corrected chi connectivity index (χ3v) is 3.55. The van der Waals surface area contributed by atoms with Crippen LogP contribution in [-0.4, -0.2) is 23.5 Å². The van der Waals surface area contributed by atoms with Crippen LogP contribution in [0.4, 0.5) is 5.82 Å². The first-order valence-electron chi connectivity index (χ1n) is 7.00. The molecule has 0 unspecified atom stereocenters. The van der Waals surface area contributed by atoms with Gasteiger partial charge in [-0.2, -0.15) is 0 Å². The van der Waals surface area contributed by atoms with Gasteiger partial charge in [0.2, 0.25) is 0 Å². The first-order valence-corrected chi connectivity index (χ1v) is 7.00. The molecule has 0 saturated carbocycles. The first kappa shape index (κ1) is 14.1. The molecule has 1 aromatic carbocycles. The topological polar surface area (TPSA) is 46.8 Å². The summed E-state index contributed by atoms with van der Waals surface area (Å²) in [5.41, 5.74) is 1.59. The standard InChI is InChI=1S/C17H17N3O2/c1-19(12-13-7-3-4-8-14(13)22-2)16-11-17(21)20-10-6-5-9-15(20)18-16/h3-11H,12H2,1-2H3. The normalized spacial score (nSPS) is 10.6. The zero-order chi connectivity index (χ0) is 15.5. The van der Waals surface area contributed by atoms with E-state index in [1.807, 2.05) is 54.4 Å². The van der Waals surface area contributed by atoms with Crippen LogP contribution >= 0.6 is 0 Å². The SMILES string of the molecule is COc1ccccc1CN(C)c1cc(=O)n2ccccc2n1. The lowest BCUT2D eigenvalue weighted by Gasteiger charge is -2.19. The molecule has 0 atom stereocenters. The Morgan fingerprint density at radius 1 is 1.18 bits per heavy atom. The summed E-state index contributed by atoms with van der Waals surface area (Å²) in [7, 11) is 3.56. The molecule has 112 valence electrons. The van der Waals surface area contributed by atoms with E-state index in [-0.39, 0.29) is 5.56 Å². The summed E-state index contributed by atoms with van der Waals surface area (Å²) < 4.78 is 6.89. The summed E-state index contributed by atoms with van der Waals surface area (Å²) in [6.07, 6.45) is 1.72. The molecule has 0 amide bonds. The molecule has 0 aliphatic rings. The number of fused-ring (bicyclic) bond motifs is 1. The van der Waals surface area contributed by atoms with Crippen LogP contribution in [0.1, 0.15) is 5.56 Å². The number of rotatable bonds is 4. The Balaban J connectivity index is 1.95. The number of methoxy groups -OCH3 is 1. The minimum Gasteiger partial charge on any atom is -0.496 e. The molecule has 0 spiro atoms. The Hall–Kier alpha value is -2.82. The van der Waals surface area contributed by atoms with Crippen molar-refractivity contribution in [3.63, 3.8) is 0 Å². The van der Waals surface area contributed by atoms with Crippen molar-refractivity contribution < 1.29 is 4.74 Å². The summed E-state index contributed by atoms with van der Waals surface area (Å²) in [5, 5.41) is 0. The summed E-state index contributed by atoms with van der Waals surface area (Å²) in [6.45, 7) is 0.611. The molecule has 5 heteroatoms. The van der Waals surface area contributed by atoms with Gasteiger partial charge in [0.25, 0.3) is 5.56 Å². The molecule has 0 saturated heterocycles. The largest absolute Gasteiger partial charge is 0.496 e. The molecule has 0 aliphatic heterocycles. The highest BCUT2D eigenvalue weighted by molar-refractivity contribution is 5.48. The van der Waals surface area contributed by atoms with Gasteiger partial charge in [-0.15, -0.1) is 0 Å². The van der Waals surface area contributed by atoms with Crippen LogP contribution in [0.3, 0.4) is 0 Å². The minimum absolute atomic E-state index is 0.0903. The maximum atomic E-state index is 12.2. The van der Waals surface area contributed by atoms with Gasteiger partial charge < -0.3 is 9.64 Å². The van der Waals surface area contributed by atoms with Gasteiger partial charge >= 0.3 is 0 Å². The molecule has 0 bridgehead atoms. The number of benzene rings is 1. The number of pyridine rings is 1. The molecule has 3 aromatic rings. The van der Waals surface area contributed by atoms with Crippen molar-refractivity contribution in [1.29, 1.82) is 0 Å². The van der Waals surface area contributed by atoms with Crippen LogP contribution in [0, 0.1) is 0 Å². The number of nitrogens with zero attached hydrogens (tertiary/aromatic N) is 3. The number of anilines is 1. The van der Waals surface area contributed by atoms with Gasteiger partial charge in [0.1, 0.15) is 17.2 Å². The molecular formula is C17H17N3O2. The maximum Gasteiger partial charge on any atom is 0.259 e. The van der Waals surface area contributed by atoms with E-state index in [0.717, 1.165) is 11.3 Å². The number of para-hydroxylation sites is 1. The second kappa shape index (κ2) is 5.89. The third kappa shape index (κ3) is 2.65. The van der Waals surface area contributed by atoms with Gasteiger partial charge in [0.05, 0.1) is 7.11 Å². The average molecular weight is 295 g/mol. The third-order valence-electron chi connectivity index (χ3n) is 3.55. The molecule has 0 radical (unpaired) electrons. The van der Waals surface area contributed by atoms with Gasteiger partial charge in [-0.05, 0) is 18.2 Å². The van der Waals surface area contributed by atoms with Gasteiger partial charge in [-0.25, -0.2) is 4.98 Å². The van der Waals surface area contributed by atoms with Gasteiger partial charge in [0.15, 0.2) is 0 Å². The van der Waals surface area contributed by atoms with Crippen molar-refractivity contribution in [3.8, 4) is 5.75 Å². The van der Waals surface area contributed by atoms with Crippen molar-refractivity contribution in [2.75, 3.05) is 19.1 Å². The highest BCUT2D eigenvalue weighted by atomic mass is 16.5. The van der Waals surface area contributed by atoms with Crippen LogP contribution in [0.25, 0.3) is 5.65 Å². The summed E-state index contributed by atoms with van der Waals surface area (Å²) in [4.78, 5) is 18.6. The fourth-order valence-electron chi connectivity index (χ4n) is 2.41. The fourth-order valence-corrected chi connectivity index (χ4v) is 2.41. The Morgan fingerprint density at radius 3 is 2.77 bits per heavy atom. The van der Waals surface area contributed by atoms with E-state index in [0.29, 0.717) is 18.0 Å². The Bertz CT molecular complexity index is 858. The summed E-state index contributed by atoms with van der Waals surface area (Å²) in [6, 6.07) is 14.9. The zero-order valence-electron chi connectivity index (χ0n) is 12.6. The van der Waals surface area contributed by atoms with Crippen LogP contribution in [0.15, 0.2) is 59.5 Å². The Morgan fingerprint density at radius 2 is 1.95 bits per heavy atom. The Labute approximate surface area is 128 Å². The van der Waals surface area contributed by atoms with Crippen molar-refractivity contribution in [2.45, 2.75) is 6.54 Å².